The number of alkyl halides is 3. The number of hydrogen-bond acceptors (Lipinski definition) is 4. The van der Waals surface area contributed by atoms with Gasteiger partial charge in [-0.25, -0.2) is 4.21 Å². The second-order valence-corrected chi connectivity index (χ2v) is 9.52. The quantitative estimate of drug-likeness (QED) is 0.527. The molecule has 2 aromatic rings. The van der Waals surface area contributed by atoms with E-state index in [0.717, 1.165) is 5.56 Å². The molecule has 0 saturated heterocycles. The van der Waals surface area contributed by atoms with Gasteiger partial charge in [0.15, 0.2) is 0 Å². The maximum Gasteiger partial charge on any atom is 0.395 e. The zero-order valence-corrected chi connectivity index (χ0v) is 17.4. The second-order valence-electron chi connectivity index (χ2n) is 7.08. The molecule has 0 bridgehead atoms. The molecule has 5 nitrogen and oxygen atoms in total. The van der Waals surface area contributed by atoms with Crippen LogP contribution >= 0.6 is 0 Å². The molecular formula is C22H23F3N2O3S. The van der Waals surface area contributed by atoms with E-state index in [1.165, 1.54) is 18.2 Å². The van der Waals surface area contributed by atoms with Crippen molar-refractivity contribution in [2.75, 3.05) is 11.5 Å². The van der Waals surface area contributed by atoms with E-state index in [-0.39, 0.29) is 17.7 Å². The number of carboxylic acid groups (broad SMARTS) is 1. The minimum Gasteiger partial charge on any atom is -0.480 e. The molecule has 0 spiro atoms. The standard InChI is InChI=1S/C22H23F3N2O3S/c23-22(24,25)19(11-13-31(27,30)14-12-20(26)21(28)29)18-8-4-7-17(15-18)10-9-16-5-2-1-3-6-16/h1-8,15,19-20,27H,11-14,26H2,(H,28,29)/t19?,20-,31?/m0/s1. The van der Waals surface area contributed by atoms with Crippen LogP contribution in [0.4, 0.5) is 13.2 Å². The predicted octanol–water partition coefficient (Wildman–Crippen LogP) is 3.97. The van der Waals surface area contributed by atoms with E-state index in [0.29, 0.717) is 5.56 Å². The van der Waals surface area contributed by atoms with Crippen molar-refractivity contribution in [1.82, 2.24) is 0 Å². The molecule has 0 amide bonds. The van der Waals surface area contributed by atoms with Crippen molar-refractivity contribution in [2.45, 2.75) is 31.0 Å². The van der Waals surface area contributed by atoms with Gasteiger partial charge in [0.2, 0.25) is 0 Å². The third-order valence-electron chi connectivity index (χ3n) is 4.62. The van der Waals surface area contributed by atoms with Gasteiger partial charge in [0.1, 0.15) is 6.04 Å². The summed E-state index contributed by atoms with van der Waals surface area (Å²) < 4.78 is 61.2. The lowest BCUT2D eigenvalue weighted by molar-refractivity contribution is -0.150. The zero-order valence-electron chi connectivity index (χ0n) is 16.6. The lowest BCUT2D eigenvalue weighted by Crippen LogP contribution is -2.32. The second kappa shape index (κ2) is 10.5. The molecule has 3 atom stereocenters. The highest BCUT2D eigenvalue weighted by atomic mass is 32.2. The summed E-state index contributed by atoms with van der Waals surface area (Å²) in [4.78, 5) is 10.7. The van der Waals surface area contributed by atoms with Crippen molar-refractivity contribution in [3.8, 4) is 11.8 Å². The van der Waals surface area contributed by atoms with Crippen molar-refractivity contribution in [3.05, 3.63) is 71.3 Å². The number of carboxylic acids is 1. The SMILES string of the molecule is N=S(=O)(CCC(c1cccc(C#Cc2ccccc2)c1)C(F)(F)F)CC[C@H](N)C(=O)O. The van der Waals surface area contributed by atoms with E-state index in [1.807, 2.05) is 18.2 Å². The lowest BCUT2D eigenvalue weighted by atomic mass is 9.94. The van der Waals surface area contributed by atoms with Gasteiger partial charge < -0.3 is 10.8 Å². The number of nitrogens with two attached hydrogens (primary N) is 1. The third-order valence-corrected chi connectivity index (χ3v) is 6.41. The van der Waals surface area contributed by atoms with Crippen LogP contribution in [-0.4, -0.2) is 39.0 Å². The Bertz CT molecular complexity index is 1060. The number of rotatable bonds is 8. The van der Waals surface area contributed by atoms with Crippen LogP contribution in [0.2, 0.25) is 0 Å². The zero-order chi connectivity index (χ0) is 23.1. The highest BCUT2D eigenvalue weighted by molar-refractivity contribution is 7.92. The Morgan fingerprint density at radius 2 is 1.61 bits per heavy atom. The summed E-state index contributed by atoms with van der Waals surface area (Å²) in [5.41, 5.74) is 6.44. The Hall–Kier alpha value is -2.83. The molecule has 2 aromatic carbocycles. The van der Waals surface area contributed by atoms with Crippen LogP contribution in [0.5, 0.6) is 0 Å². The Morgan fingerprint density at radius 1 is 1.03 bits per heavy atom. The fourth-order valence-corrected chi connectivity index (χ4v) is 4.32. The lowest BCUT2D eigenvalue weighted by Gasteiger charge is -2.21. The van der Waals surface area contributed by atoms with Gasteiger partial charge in [-0.2, -0.15) is 13.2 Å². The van der Waals surface area contributed by atoms with E-state index >= 15 is 0 Å². The summed E-state index contributed by atoms with van der Waals surface area (Å²) >= 11 is 0. The maximum atomic E-state index is 13.7. The molecule has 0 aliphatic heterocycles. The normalized spacial score (nSPS) is 15.2. The first kappa shape index (κ1) is 24.4. The molecule has 2 rings (SSSR count). The van der Waals surface area contributed by atoms with Gasteiger partial charge in [0.05, 0.1) is 5.92 Å². The van der Waals surface area contributed by atoms with Crippen LogP contribution in [0, 0.1) is 16.6 Å². The number of carbonyl (C=O) groups is 1. The third kappa shape index (κ3) is 8.07. The van der Waals surface area contributed by atoms with E-state index in [9.17, 15) is 22.2 Å². The highest BCUT2D eigenvalue weighted by Crippen LogP contribution is 2.38. The Balaban J connectivity index is 2.16. The topological polar surface area (TPSA) is 104 Å². The minimum absolute atomic E-state index is 0.0233. The first-order valence-corrected chi connectivity index (χ1v) is 11.3. The largest absolute Gasteiger partial charge is 0.480 e. The van der Waals surface area contributed by atoms with Crippen molar-refractivity contribution in [3.63, 3.8) is 0 Å². The Kier molecular flexibility index (Phi) is 8.25. The average Bonchev–Trinajstić information content (AvgIpc) is 2.70. The fourth-order valence-electron chi connectivity index (χ4n) is 2.87. The van der Waals surface area contributed by atoms with Crippen molar-refractivity contribution >= 4 is 15.7 Å². The van der Waals surface area contributed by atoms with Crippen molar-refractivity contribution < 1.29 is 27.3 Å². The van der Waals surface area contributed by atoms with E-state index in [1.54, 1.807) is 18.2 Å². The van der Waals surface area contributed by atoms with E-state index in [4.69, 9.17) is 15.6 Å². The van der Waals surface area contributed by atoms with Crippen LogP contribution in [0.3, 0.4) is 0 Å². The highest BCUT2D eigenvalue weighted by Gasteiger charge is 2.40. The molecule has 9 heteroatoms. The van der Waals surface area contributed by atoms with Gasteiger partial charge >= 0.3 is 12.1 Å². The molecule has 4 N–H and O–H groups in total. The molecule has 0 aromatic heterocycles. The Morgan fingerprint density at radius 3 is 2.23 bits per heavy atom. The molecule has 0 fully saturated rings. The van der Waals surface area contributed by atoms with Gasteiger partial charge in [0.25, 0.3) is 0 Å². The molecule has 0 saturated carbocycles. The van der Waals surface area contributed by atoms with Crippen molar-refractivity contribution in [1.29, 1.82) is 4.78 Å². The number of benzene rings is 2. The summed E-state index contributed by atoms with van der Waals surface area (Å²) in [7, 11) is -3.40. The summed E-state index contributed by atoms with van der Waals surface area (Å²) in [6.45, 7) is 0. The van der Waals surface area contributed by atoms with Crippen LogP contribution in [0.15, 0.2) is 54.6 Å². The van der Waals surface area contributed by atoms with Gasteiger partial charge in [-0.15, -0.1) is 0 Å². The van der Waals surface area contributed by atoms with Crippen LogP contribution in [-0.2, 0) is 14.5 Å². The molecule has 0 heterocycles. The van der Waals surface area contributed by atoms with Crippen molar-refractivity contribution in [2.24, 2.45) is 5.73 Å². The summed E-state index contributed by atoms with van der Waals surface area (Å²) in [6.07, 6.45) is -5.39. The fraction of sp³-hybridized carbons (Fsp3) is 0.318. The summed E-state index contributed by atoms with van der Waals surface area (Å²) in [5, 5.41) is 8.76. The maximum absolute atomic E-state index is 13.7. The first-order chi connectivity index (χ1) is 14.5. The van der Waals surface area contributed by atoms with Gasteiger partial charge in [-0.3, -0.25) is 9.57 Å². The van der Waals surface area contributed by atoms with E-state index in [2.05, 4.69) is 11.8 Å². The first-order valence-electron chi connectivity index (χ1n) is 9.44. The van der Waals surface area contributed by atoms with Crippen LogP contribution < -0.4 is 5.73 Å². The molecule has 0 aliphatic rings. The number of nitrogens with one attached hydrogen (secondary N) is 1. The molecule has 166 valence electrons. The Labute approximate surface area is 179 Å². The smallest absolute Gasteiger partial charge is 0.395 e. The molecular weight excluding hydrogens is 429 g/mol. The molecule has 31 heavy (non-hydrogen) atoms. The summed E-state index contributed by atoms with van der Waals surface area (Å²) in [5.74, 6) is 1.64. The van der Waals surface area contributed by atoms with Gasteiger partial charge in [-0.1, -0.05) is 42.2 Å². The predicted molar refractivity (Wildman–Crippen MR) is 113 cm³/mol. The monoisotopic (exact) mass is 452 g/mol. The molecule has 0 aliphatic carbocycles. The van der Waals surface area contributed by atoms with Gasteiger partial charge in [0, 0.05) is 32.4 Å². The average molecular weight is 452 g/mol. The number of halogens is 3. The number of hydrogen-bond donors (Lipinski definition) is 3. The van der Waals surface area contributed by atoms with Crippen LogP contribution in [0.25, 0.3) is 0 Å². The molecule has 2 unspecified atom stereocenters. The molecule has 0 radical (unpaired) electrons. The van der Waals surface area contributed by atoms with Gasteiger partial charge in [-0.05, 0) is 42.7 Å². The minimum atomic E-state index is -4.60. The number of aliphatic carboxylic acids is 1. The van der Waals surface area contributed by atoms with E-state index < -0.39 is 46.0 Å². The van der Waals surface area contributed by atoms with Crippen LogP contribution in [0.1, 0.15) is 35.4 Å². The summed E-state index contributed by atoms with van der Waals surface area (Å²) in [6, 6.07) is 13.5.